The monoisotopic (exact) mass is 491 g/mol. The van der Waals surface area contributed by atoms with Crippen molar-refractivity contribution in [2.75, 3.05) is 4.90 Å². The first-order chi connectivity index (χ1) is 15.3. The Labute approximate surface area is 192 Å². The standard InChI is InChI=1S/C25H18BrNO5/c1-14-5-7-16(8-6-14)22(28)20-21(15-9-11-18(26)12-10-15)27(24(30)23(20)29)19-4-2-3-17(13-19)25(31)32/h2-13,21,28H,1H3,(H,31,32). The molecule has 0 saturated carbocycles. The van der Waals surface area contributed by atoms with Crippen LogP contribution < -0.4 is 4.90 Å². The van der Waals surface area contributed by atoms with Gasteiger partial charge in [-0.2, -0.15) is 0 Å². The Morgan fingerprint density at radius 2 is 1.56 bits per heavy atom. The van der Waals surface area contributed by atoms with Crippen LogP contribution in [0.2, 0.25) is 0 Å². The minimum absolute atomic E-state index is 0.0162. The molecule has 0 radical (unpaired) electrons. The molecule has 0 bridgehead atoms. The summed E-state index contributed by atoms with van der Waals surface area (Å²) in [5.74, 6) is -3.11. The predicted octanol–water partition coefficient (Wildman–Crippen LogP) is 5.08. The molecule has 1 amide bonds. The number of carboxylic acids is 1. The second-order valence-electron chi connectivity index (χ2n) is 7.44. The average molecular weight is 492 g/mol. The summed E-state index contributed by atoms with van der Waals surface area (Å²) >= 11 is 3.38. The molecule has 0 spiro atoms. The highest BCUT2D eigenvalue weighted by atomic mass is 79.9. The summed E-state index contributed by atoms with van der Waals surface area (Å²) in [6.07, 6.45) is 0. The van der Waals surface area contributed by atoms with E-state index in [2.05, 4.69) is 15.9 Å². The number of carbonyl (C=O) groups excluding carboxylic acids is 2. The number of carbonyl (C=O) groups is 3. The molecule has 7 heteroatoms. The van der Waals surface area contributed by atoms with Crippen LogP contribution >= 0.6 is 15.9 Å². The molecule has 160 valence electrons. The van der Waals surface area contributed by atoms with Crippen molar-refractivity contribution < 1.29 is 24.6 Å². The number of amides is 1. The molecular formula is C25H18BrNO5. The number of ketones is 1. The maximum absolute atomic E-state index is 13.1. The second-order valence-corrected chi connectivity index (χ2v) is 8.36. The van der Waals surface area contributed by atoms with E-state index in [1.165, 1.54) is 23.1 Å². The molecule has 0 aliphatic carbocycles. The molecule has 1 atom stereocenters. The normalized spacial score (nSPS) is 17.6. The predicted molar refractivity (Wildman–Crippen MR) is 124 cm³/mol. The van der Waals surface area contributed by atoms with E-state index in [9.17, 15) is 24.6 Å². The first-order valence-electron chi connectivity index (χ1n) is 9.75. The van der Waals surface area contributed by atoms with Crippen LogP contribution in [0, 0.1) is 6.92 Å². The molecular weight excluding hydrogens is 474 g/mol. The molecule has 1 aliphatic heterocycles. The third-order valence-corrected chi connectivity index (χ3v) is 5.86. The Bertz CT molecular complexity index is 1260. The van der Waals surface area contributed by atoms with Crippen molar-refractivity contribution in [3.63, 3.8) is 0 Å². The van der Waals surface area contributed by atoms with Crippen molar-refractivity contribution in [2.24, 2.45) is 0 Å². The van der Waals surface area contributed by atoms with Crippen LogP contribution in [0.5, 0.6) is 0 Å². The smallest absolute Gasteiger partial charge is 0.335 e. The Kier molecular flexibility index (Phi) is 5.67. The zero-order valence-corrected chi connectivity index (χ0v) is 18.5. The summed E-state index contributed by atoms with van der Waals surface area (Å²) in [5, 5.41) is 20.4. The van der Waals surface area contributed by atoms with Gasteiger partial charge in [-0.3, -0.25) is 14.5 Å². The fourth-order valence-corrected chi connectivity index (χ4v) is 3.98. The lowest BCUT2D eigenvalue weighted by atomic mass is 9.95. The Morgan fingerprint density at radius 1 is 0.906 bits per heavy atom. The number of halogens is 1. The van der Waals surface area contributed by atoms with Crippen LogP contribution in [0.4, 0.5) is 5.69 Å². The van der Waals surface area contributed by atoms with E-state index in [1.54, 1.807) is 54.6 Å². The quantitative estimate of drug-likeness (QED) is 0.301. The summed E-state index contributed by atoms with van der Waals surface area (Å²) in [7, 11) is 0. The molecule has 3 aromatic rings. The van der Waals surface area contributed by atoms with Gasteiger partial charge < -0.3 is 10.2 Å². The van der Waals surface area contributed by atoms with Gasteiger partial charge >= 0.3 is 5.97 Å². The highest BCUT2D eigenvalue weighted by Gasteiger charge is 2.47. The van der Waals surface area contributed by atoms with Crippen LogP contribution in [0.3, 0.4) is 0 Å². The number of aryl methyl sites for hydroxylation is 1. The van der Waals surface area contributed by atoms with Gasteiger partial charge in [-0.05, 0) is 42.8 Å². The Balaban J connectivity index is 1.94. The van der Waals surface area contributed by atoms with Gasteiger partial charge in [0.1, 0.15) is 5.76 Å². The van der Waals surface area contributed by atoms with Crippen molar-refractivity contribution in [3.8, 4) is 0 Å². The number of rotatable bonds is 4. The molecule has 1 unspecified atom stereocenters. The number of hydrogen-bond acceptors (Lipinski definition) is 4. The zero-order chi connectivity index (χ0) is 23.0. The number of hydrogen-bond donors (Lipinski definition) is 2. The number of aromatic carboxylic acids is 1. The van der Waals surface area contributed by atoms with Crippen molar-refractivity contribution in [1.29, 1.82) is 0 Å². The molecule has 1 saturated heterocycles. The number of benzene rings is 3. The third kappa shape index (κ3) is 3.83. The van der Waals surface area contributed by atoms with Crippen LogP contribution in [0.1, 0.15) is 33.1 Å². The number of aliphatic hydroxyl groups excluding tert-OH is 1. The molecule has 0 aromatic heterocycles. The number of anilines is 1. The summed E-state index contributed by atoms with van der Waals surface area (Å²) in [4.78, 5) is 38.9. The van der Waals surface area contributed by atoms with E-state index >= 15 is 0 Å². The molecule has 1 heterocycles. The topological polar surface area (TPSA) is 94.9 Å². The van der Waals surface area contributed by atoms with Gasteiger partial charge in [0.15, 0.2) is 0 Å². The molecule has 3 aromatic carbocycles. The van der Waals surface area contributed by atoms with Crippen LogP contribution in [0.15, 0.2) is 82.8 Å². The van der Waals surface area contributed by atoms with Gasteiger partial charge in [0.2, 0.25) is 0 Å². The van der Waals surface area contributed by atoms with E-state index in [0.717, 1.165) is 10.0 Å². The van der Waals surface area contributed by atoms with Gasteiger partial charge in [-0.1, -0.05) is 64.0 Å². The lowest BCUT2D eigenvalue weighted by Crippen LogP contribution is -2.29. The minimum Gasteiger partial charge on any atom is -0.507 e. The van der Waals surface area contributed by atoms with Gasteiger partial charge in [0.05, 0.1) is 17.2 Å². The SMILES string of the molecule is Cc1ccc(C(O)=C2C(=O)C(=O)N(c3cccc(C(=O)O)c3)C2c2ccc(Br)cc2)cc1. The van der Waals surface area contributed by atoms with Gasteiger partial charge in [-0.25, -0.2) is 4.79 Å². The lowest BCUT2D eigenvalue weighted by molar-refractivity contribution is -0.132. The van der Waals surface area contributed by atoms with Crippen molar-refractivity contribution in [2.45, 2.75) is 13.0 Å². The highest BCUT2D eigenvalue weighted by molar-refractivity contribution is 9.10. The second kappa shape index (κ2) is 8.43. The first-order valence-corrected chi connectivity index (χ1v) is 10.5. The third-order valence-electron chi connectivity index (χ3n) is 5.33. The van der Waals surface area contributed by atoms with Crippen LogP contribution in [-0.4, -0.2) is 27.9 Å². The zero-order valence-electron chi connectivity index (χ0n) is 16.9. The highest BCUT2D eigenvalue weighted by Crippen LogP contribution is 2.42. The van der Waals surface area contributed by atoms with Crippen LogP contribution in [-0.2, 0) is 9.59 Å². The maximum Gasteiger partial charge on any atom is 0.335 e. The van der Waals surface area contributed by atoms with E-state index in [1.807, 2.05) is 6.92 Å². The van der Waals surface area contributed by atoms with Gasteiger partial charge in [0, 0.05) is 15.7 Å². The molecule has 1 fully saturated rings. The number of aliphatic hydroxyl groups is 1. The van der Waals surface area contributed by atoms with Crippen molar-refractivity contribution in [3.05, 3.63) is 105 Å². The summed E-state index contributed by atoms with van der Waals surface area (Å²) < 4.78 is 0.810. The van der Waals surface area contributed by atoms with E-state index in [0.29, 0.717) is 11.1 Å². The largest absolute Gasteiger partial charge is 0.507 e. The summed E-state index contributed by atoms with van der Waals surface area (Å²) in [6, 6.07) is 18.9. The first kappa shape index (κ1) is 21.5. The van der Waals surface area contributed by atoms with E-state index in [-0.39, 0.29) is 22.6 Å². The Hall–Kier alpha value is -3.71. The Morgan fingerprint density at radius 3 is 2.19 bits per heavy atom. The van der Waals surface area contributed by atoms with E-state index in [4.69, 9.17) is 0 Å². The lowest BCUT2D eigenvalue weighted by Gasteiger charge is -2.25. The molecule has 32 heavy (non-hydrogen) atoms. The molecule has 6 nitrogen and oxygen atoms in total. The number of nitrogens with zero attached hydrogens (tertiary/aromatic N) is 1. The average Bonchev–Trinajstić information content (AvgIpc) is 3.05. The minimum atomic E-state index is -1.15. The maximum atomic E-state index is 13.1. The number of carboxylic acid groups (broad SMARTS) is 1. The number of Topliss-reactive ketones (excluding diaryl/α,β-unsaturated/α-hetero) is 1. The van der Waals surface area contributed by atoms with Gasteiger partial charge in [0.25, 0.3) is 11.7 Å². The van der Waals surface area contributed by atoms with Crippen LogP contribution in [0.25, 0.3) is 5.76 Å². The van der Waals surface area contributed by atoms with Crippen molar-refractivity contribution in [1.82, 2.24) is 0 Å². The molecule has 4 rings (SSSR count). The summed E-state index contributed by atoms with van der Waals surface area (Å²) in [6.45, 7) is 1.90. The molecule has 1 aliphatic rings. The fourth-order valence-electron chi connectivity index (χ4n) is 3.72. The van der Waals surface area contributed by atoms with E-state index < -0.39 is 23.7 Å². The summed E-state index contributed by atoms with van der Waals surface area (Å²) in [5.41, 5.74) is 2.18. The van der Waals surface area contributed by atoms with Gasteiger partial charge in [-0.15, -0.1) is 0 Å². The molecule has 2 N–H and O–H groups in total. The fraction of sp³-hybridized carbons (Fsp3) is 0.0800. The van der Waals surface area contributed by atoms with Crippen molar-refractivity contribution >= 4 is 45.0 Å².